The average molecular weight is 248 g/mol. The van der Waals surface area contributed by atoms with Crippen LogP contribution in [-0.4, -0.2) is 16.1 Å². The van der Waals surface area contributed by atoms with Crippen LogP contribution >= 0.6 is 11.3 Å². The molecule has 0 saturated carbocycles. The first-order valence-corrected chi connectivity index (χ1v) is 5.97. The van der Waals surface area contributed by atoms with Crippen molar-refractivity contribution in [3.8, 4) is 0 Å². The van der Waals surface area contributed by atoms with Crippen molar-refractivity contribution in [3.05, 3.63) is 40.9 Å². The summed E-state index contributed by atoms with van der Waals surface area (Å²) in [6.45, 7) is 1.82. The Balaban J connectivity index is 2.15. The molecule has 2 N–H and O–H groups in total. The number of aryl methyl sites for hydroxylation is 1. The Morgan fingerprint density at radius 3 is 2.76 bits per heavy atom. The van der Waals surface area contributed by atoms with Gasteiger partial charge >= 0.3 is 5.97 Å². The van der Waals surface area contributed by atoms with Gasteiger partial charge in [-0.1, -0.05) is 18.2 Å². The molecule has 0 unspecified atom stereocenters. The van der Waals surface area contributed by atoms with E-state index in [4.69, 9.17) is 5.11 Å². The molecule has 0 aliphatic rings. The molecule has 0 radical (unpaired) electrons. The van der Waals surface area contributed by atoms with Crippen LogP contribution in [0.15, 0.2) is 30.3 Å². The van der Waals surface area contributed by atoms with Crippen molar-refractivity contribution in [2.24, 2.45) is 0 Å². The van der Waals surface area contributed by atoms with Gasteiger partial charge in [0, 0.05) is 10.6 Å². The van der Waals surface area contributed by atoms with Gasteiger partial charge in [-0.15, -0.1) is 11.3 Å². The number of aromatic nitrogens is 1. The topological polar surface area (TPSA) is 62.2 Å². The van der Waals surface area contributed by atoms with E-state index in [1.54, 1.807) is 0 Å². The van der Waals surface area contributed by atoms with Crippen molar-refractivity contribution in [3.63, 3.8) is 0 Å². The Labute approximate surface area is 103 Å². The summed E-state index contributed by atoms with van der Waals surface area (Å²) < 4.78 is 0. The number of nitrogens with zero attached hydrogens (tertiary/aromatic N) is 1. The number of benzene rings is 1. The van der Waals surface area contributed by atoms with E-state index in [0.717, 1.165) is 21.4 Å². The number of hydrogen-bond acceptors (Lipinski definition) is 4. The molecule has 0 fully saturated rings. The van der Waals surface area contributed by atoms with Gasteiger partial charge in [0.05, 0.1) is 12.1 Å². The molecule has 0 aliphatic heterocycles. The Hall–Kier alpha value is -1.88. The van der Waals surface area contributed by atoms with Crippen molar-refractivity contribution in [2.45, 2.75) is 13.3 Å². The summed E-state index contributed by atoms with van der Waals surface area (Å²) in [5.74, 6) is -0.831. The zero-order chi connectivity index (χ0) is 12.3. The molecule has 5 heteroatoms. The Bertz CT molecular complexity index is 523. The summed E-state index contributed by atoms with van der Waals surface area (Å²) in [5, 5.41) is 12.6. The number of hydrogen-bond donors (Lipinski definition) is 2. The first-order valence-electron chi connectivity index (χ1n) is 5.15. The maximum atomic E-state index is 10.6. The molecule has 88 valence electrons. The number of aliphatic carboxylic acids is 1. The highest BCUT2D eigenvalue weighted by atomic mass is 32.1. The van der Waals surface area contributed by atoms with Gasteiger partial charge in [-0.2, -0.15) is 0 Å². The van der Waals surface area contributed by atoms with Gasteiger partial charge < -0.3 is 10.4 Å². The van der Waals surface area contributed by atoms with E-state index in [9.17, 15) is 4.79 Å². The molecular formula is C12H12N2O2S. The van der Waals surface area contributed by atoms with Gasteiger partial charge in [0.15, 0.2) is 5.13 Å². The van der Waals surface area contributed by atoms with Gasteiger partial charge in [0.2, 0.25) is 0 Å². The van der Waals surface area contributed by atoms with Crippen LogP contribution in [0.1, 0.15) is 10.6 Å². The van der Waals surface area contributed by atoms with Gasteiger partial charge in [0.25, 0.3) is 0 Å². The van der Waals surface area contributed by atoms with Crippen LogP contribution in [0.2, 0.25) is 0 Å². The maximum absolute atomic E-state index is 10.6. The first-order chi connectivity index (χ1) is 8.15. The predicted octanol–water partition coefficient (Wildman–Crippen LogP) is 2.82. The van der Waals surface area contributed by atoms with Gasteiger partial charge in [0.1, 0.15) is 0 Å². The van der Waals surface area contributed by atoms with Gasteiger partial charge in [-0.25, -0.2) is 4.98 Å². The molecule has 0 bridgehead atoms. The number of carboxylic acids is 1. The number of anilines is 2. The average Bonchev–Trinajstić information content (AvgIpc) is 2.59. The molecule has 0 saturated heterocycles. The van der Waals surface area contributed by atoms with Crippen molar-refractivity contribution < 1.29 is 9.90 Å². The monoisotopic (exact) mass is 248 g/mol. The third-order valence-corrected chi connectivity index (χ3v) is 3.30. The third kappa shape index (κ3) is 3.04. The molecule has 17 heavy (non-hydrogen) atoms. The lowest BCUT2D eigenvalue weighted by Gasteiger charge is -2.00. The fourth-order valence-electron chi connectivity index (χ4n) is 1.43. The molecule has 2 rings (SSSR count). The third-order valence-electron chi connectivity index (χ3n) is 2.23. The second-order valence-electron chi connectivity index (χ2n) is 3.59. The molecule has 2 aromatic rings. The van der Waals surface area contributed by atoms with Crippen LogP contribution in [-0.2, 0) is 11.2 Å². The minimum absolute atomic E-state index is 0.0277. The molecule has 0 spiro atoms. The Morgan fingerprint density at radius 2 is 2.12 bits per heavy atom. The number of para-hydroxylation sites is 1. The molecule has 4 nitrogen and oxygen atoms in total. The molecule has 0 atom stereocenters. The summed E-state index contributed by atoms with van der Waals surface area (Å²) in [7, 11) is 0. The van der Waals surface area contributed by atoms with E-state index in [0.29, 0.717) is 0 Å². The first kappa shape index (κ1) is 11.6. The normalized spacial score (nSPS) is 10.2. The van der Waals surface area contributed by atoms with Crippen LogP contribution in [0.4, 0.5) is 10.8 Å². The fourth-order valence-corrected chi connectivity index (χ4v) is 2.40. The number of carbonyl (C=O) groups is 1. The van der Waals surface area contributed by atoms with Crippen LogP contribution in [0.5, 0.6) is 0 Å². The van der Waals surface area contributed by atoms with E-state index in [1.165, 1.54) is 11.3 Å². The zero-order valence-electron chi connectivity index (χ0n) is 9.30. The van der Waals surface area contributed by atoms with Crippen molar-refractivity contribution in [1.82, 2.24) is 4.98 Å². The van der Waals surface area contributed by atoms with Gasteiger partial charge in [-0.05, 0) is 19.1 Å². The molecule has 0 aliphatic carbocycles. The minimum Gasteiger partial charge on any atom is -0.481 e. The Morgan fingerprint density at radius 1 is 1.41 bits per heavy atom. The second kappa shape index (κ2) is 4.97. The quantitative estimate of drug-likeness (QED) is 0.873. The van der Waals surface area contributed by atoms with Gasteiger partial charge in [-0.3, -0.25) is 4.79 Å². The fraction of sp³-hybridized carbons (Fsp3) is 0.167. The van der Waals surface area contributed by atoms with Crippen molar-refractivity contribution in [1.29, 1.82) is 0 Å². The van der Waals surface area contributed by atoms with E-state index >= 15 is 0 Å². The summed E-state index contributed by atoms with van der Waals surface area (Å²) in [6.07, 6.45) is 0.0277. The molecular weight excluding hydrogens is 236 g/mol. The summed E-state index contributed by atoms with van der Waals surface area (Å²) >= 11 is 1.38. The lowest BCUT2D eigenvalue weighted by molar-refractivity contribution is -0.136. The van der Waals surface area contributed by atoms with E-state index < -0.39 is 5.97 Å². The number of thiazole rings is 1. The van der Waals surface area contributed by atoms with E-state index in [2.05, 4.69) is 10.3 Å². The lowest BCUT2D eigenvalue weighted by Crippen LogP contribution is -1.99. The number of rotatable bonds is 4. The second-order valence-corrected chi connectivity index (χ2v) is 4.67. The number of nitrogens with one attached hydrogen (secondary N) is 1. The van der Waals surface area contributed by atoms with E-state index in [1.807, 2.05) is 37.3 Å². The molecule has 1 heterocycles. The van der Waals surface area contributed by atoms with Crippen LogP contribution < -0.4 is 5.32 Å². The standard InChI is InChI=1S/C12H12N2O2S/c1-8-10(7-11(15)16)17-12(13-8)14-9-5-3-2-4-6-9/h2-6H,7H2,1H3,(H,13,14)(H,15,16). The molecule has 1 aromatic heterocycles. The smallest absolute Gasteiger partial charge is 0.308 e. The lowest BCUT2D eigenvalue weighted by atomic mass is 10.3. The highest BCUT2D eigenvalue weighted by Gasteiger charge is 2.10. The molecule has 1 aromatic carbocycles. The largest absolute Gasteiger partial charge is 0.481 e. The summed E-state index contributed by atoms with van der Waals surface area (Å²) in [5.41, 5.74) is 1.72. The SMILES string of the molecule is Cc1nc(Nc2ccccc2)sc1CC(=O)O. The number of carboxylic acid groups (broad SMARTS) is 1. The predicted molar refractivity (Wildman–Crippen MR) is 67.9 cm³/mol. The summed E-state index contributed by atoms with van der Waals surface area (Å²) in [6, 6.07) is 9.68. The highest BCUT2D eigenvalue weighted by molar-refractivity contribution is 7.15. The summed E-state index contributed by atoms with van der Waals surface area (Å²) in [4.78, 5) is 15.7. The van der Waals surface area contributed by atoms with Crippen molar-refractivity contribution >= 4 is 28.1 Å². The van der Waals surface area contributed by atoms with Crippen LogP contribution in [0.3, 0.4) is 0 Å². The zero-order valence-corrected chi connectivity index (χ0v) is 10.1. The van der Waals surface area contributed by atoms with E-state index in [-0.39, 0.29) is 6.42 Å². The van der Waals surface area contributed by atoms with Crippen LogP contribution in [0.25, 0.3) is 0 Å². The highest BCUT2D eigenvalue weighted by Crippen LogP contribution is 2.25. The minimum atomic E-state index is -0.831. The van der Waals surface area contributed by atoms with Crippen LogP contribution in [0, 0.1) is 6.92 Å². The molecule has 0 amide bonds. The maximum Gasteiger partial charge on any atom is 0.308 e. The van der Waals surface area contributed by atoms with Crippen molar-refractivity contribution in [2.75, 3.05) is 5.32 Å². The Kier molecular flexibility index (Phi) is 3.39.